The SMILES string of the molecule is Nc1c(N=Nc2ccc3c(O)c(N=Nc4ccc(S(=O)(=O)O)cc4SOOO)c(S(=O)(=O)O)cc3c2S(=O)(=O)O)cc(S(=O)(=O)O)c2cc(SOOO)c(N=Nc3ccc([N+](=O)[O-])cc3S(=O)(=O)O)c(O)c12. The third-order valence-electron chi connectivity index (χ3n) is 9.05. The topological polar surface area (TPSA) is 533 Å². The van der Waals surface area contributed by atoms with Gasteiger partial charge in [0.1, 0.15) is 53.7 Å². The van der Waals surface area contributed by atoms with Gasteiger partial charge in [-0.05, 0) is 54.6 Å². The van der Waals surface area contributed by atoms with Crippen LogP contribution >= 0.6 is 24.1 Å². The third kappa shape index (κ3) is 11.7. The van der Waals surface area contributed by atoms with Crippen LogP contribution in [-0.4, -0.2) is 90.5 Å². The second-order valence-corrected chi connectivity index (χ2v) is 21.8. The number of hydrogen-bond donors (Lipinski definition) is 10. The van der Waals surface area contributed by atoms with Gasteiger partial charge in [-0.15, -0.1) is 39.4 Å². The number of nitrogen functional groups attached to an aromatic ring is 1. The van der Waals surface area contributed by atoms with E-state index in [1.54, 1.807) is 0 Å². The Morgan fingerprint density at radius 2 is 1.06 bits per heavy atom. The van der Waals surface area contributed by atoms with E-state index in [-0.39, 0.29) is 24.1 Å². The number of aromatic hydroxyl groups is 2. The largest absolute Gasteiger partial charge is 0.505 e. The van der Waals surface area contributed by atoms with E-state index in [4.69, 9.17) is 16.2 Å². The van der Waals surface area contributed by atoms with E-state index in [2.05, 4.69) is 49.4 Å². The van der Waals surface area contributed by atoms with E-state index < -0.39 is 168 Å². The molecule has 6 aromatic carbocycles. The van der Waals surface area contributed by atoms with Crippen LogP contribution in [0.25, 0.3) is 21.5 Å². The molecule has 0 saturated carbocycles. The highest BCUT2D eigenvalue weighted by atomic mass is 32.2. The summed E-state index contributed by atoms with van der Waals surface area (Å²) in [6.07, 6.45) is 0. The first-order valence-corrected chi connectivity index (χ1v) is 26.4. The summed E-state index contributed by atoms with van der Waals surface area (Å²) in [5.74, 6) is -2.50. The van der Waals surface area contributed by atoms with Crippen LogP contribution in [0.3, 0.4) is 0 Å². The van der Waals surface area contributed by atoms with Crippen LogP contribution < -0.4 is 5.73 Å². The molecule has 0 fully saturated rings. The standard InChI is InChI=1S/C32H22N8O25S7/c33-27-20(11-23(69(50,51)52)16-9-22(67-65-63-46)28(31(42)26(16)27)38-35-18-4-1-12(40(43)44)7-24(18)70(53,54)55)37-36-19-6-3-14-15(32(19)72(59,60)61)10-25(71(56,57)58)29(30(14)41)39-34-17-5-2-13(68(47,48)49)8-21(17)66-64-62-45/h1-11,41-42,45-46H,33H2,(H,47,48,49)(H,50,51,52)(H,53,54,55)(H,56,57,58)(H,59,60,61). The van der Waals surface area contributed by atoms with Crippen molar-refractivity contribution in [2.45, 2.75) is 34.3 Å². The van der Waals surface area contributed by atoms with E-state index in [1.165, 1.54) is 0 Å². The van der Waals surface area contributed by atoms with Crippen molar-refractivity contribution in [3.05, 3.63) is 76.8 Å². The number of phenolic OH excluding ortho intramolecular Hbond substituents is 2. The number of nitro groups is 1. The van der Waals surface area contributed by atoms with Crippen molar-refractivity contribution >= 4 is 142 Å². The van der Waals surface area contributed by atoms with Crippen LogP contribution in [0.15, 0.2) is 132 Å². The molecule has 40 heteroatoms. The molecule has 0 spiro atoms. The van der Waals surface area contributed by atoms with Crippen LogP contribution in [0.1, 0.15) is 0 Å². The molecular formula is C32H22N8O25S7. The lowest BCUT2D eigenvalue weighted by Gasteiger charge is -2.15. The zero-order valence-corrected chi connectivity index (χ0v) is 39.7. The fourth-order valence-electron chi connectivity index (χ4n) is 6.12. The summed E-state index contributed by atoms with van der Waals surface area (Å²) in [5, 5.41) is 77.2. The maximum Gasteiger partial charge on any atom is 0.297 e. The lowest BCUT2D eigenvalue weighted by Crippen LogP contribution is -2.03. The van der Waals surface area contributed by atoms with E-state index >= 15 is 0 Å². The van der Waals surface area contributed by atoms with Crippen LogP contribution in [0.4, 0.5) is 45.5 Å². The Morgan fingerprint density at radius 3 is 1.62 bits per heavy atom. The predicted octanol–water partition coefficient (Wildman–Crippen LogP) is 7.23. The molecule has 0 aliphatic heterocycles. The molecule has 0 aromatic heterocycles. The number of nitro benzene ring substituents is 1. The Morgan fingerprint density at radius 1 is 0.514 bits per heavy atom. The number of rotatable bonds is 18. The molecule has 6 rings (SSSR count). The Hall–Kier alpha value is -6.55. The number of azo groups is 3. The molecule has 33 nitrogen and oxygen atoms in total. The first-order valence-electron chi connectivity index (χ1n) is 17.7. The Kier molecular flexibility index (Phi) is 15.6. The van der Waals surface area contributed by atoms with Crippen LogP contribution in [0, 0.1) is 10.1 Å². The quantitative estimate of drug-likeness (QED) is 0.00771. The number of anilines is 1. The second-order valence-electron chi connectivity index (χ2n) is 13.3. The van der Waals surface area contributed by atoms with Gasteiger partial charge in [-0.25, -0.2) is 10.5 Å². The Bertz CT molecular complexity index is 3950. The van der Waals surface area contributed by atoms with E-state index in [0.717, 1.165) is 30.3 Å². The monoisotopic (exact) mass is 1140 g/mol. The van der Waals surface area contributed by atoms with Crippen molar-refractivity contribution in [1.82, 2.24) is 0 Å². The fourth-order valence-corrected chi connectivity index (χ4v) is 10.5. The number of phenols is 2. The van der Waals surface area contributed by atoms with E-state index in [9.17, 15) is 85.2 Å². The number of non-ortho nitro benzene ring substituents is 1. The minimum absolute atomic E-state index is 0.0291. The number of hydrogen-bond acceptors (Lipinski definition) is 29. The van der Waals surface area contributed by atoms with E-state index in [1.807, 2.05) is 0 Å². The van der Waals surface area contributed by atoms with Crippen molar-refractivity contribution in [3.8, 4) is 11.5 Å². The highest BCUT2D eigenvalue weighted by Crippen LogP contribution is 2.51. The minimum Gasteiger partial charge on any atom is -0.505 e. The highest BCUT2D eigenvalue weighted by Gasteiger charge is 2.30. The van der Waals surface area contributed by atoms with Crippen molar-refractivity contribution in [2.24, 2.45) is 30.7 Å². The summed E-state index contributed by atoms with van der Waals surface area (Å²) in [7, 11) is -26.8. The van der Waals surface area contributed by atoms with Crippen molar-refractivity contribution in [3.63, 3.8) is 0 Å². The van der Waals surface area contributed by atoms with Crippen molar-refractivity contribution in [2.75, 3.05) is 5.73 Å². The Labute approximate surface area is 407 Å². The molecule has 6 aromatic rings. The summed E-state index contributed by atoms with van der Waals surface area (Å²) >= 11 is 0.0468. The number of nitrogens with zero attached hydrogens (tertiary/aromatic N) is 7. The molecule has 0 unspecified atom stereocenters. The van der Waals surface area contributed by atoms with Gasteiger partial charge in [0.2, 0.25) is 0 Å². The van der Waals surface area contributed by atoms with Gasteiger partial charge in [0.05, 0.1) is 54.8 Å². The predicted molar refractivity (Wildman–Crippen MR) is 238 cm³/mol. The zero-order chi connectivity index (χ0) is 53.5. The molecule has 0 atom stereocenters. The maximum atomic E-state index is 13.0. The first kappa shape index (κ1) is 54.8. The second kappa shape index (κ2) is 20.5. The van der Waals surface area contributed by atoms with Gasteiger partial charge in [0.15, 0.2) is 11.5 Å². The molecule has 11 N–H and O–H groups in total. The molecule has 72 heavy (non-hydrogen) atoms. The summed E-state index contributed by atoms with van der Waals surface area (Å²) in [4.78, 5) is 3.38. The van der Waals surface area contributed by atoms with Crippen LogP contribution in [0.5, 0.6) is 11.5 Å². The lowest BCUT2D eigenvalue weighted by atomic mass is 10.0. The molecule has 0 heterocycles. The van der Waals surface area contributed by atoms with Gasteiger partial charge >= 0.3 is 0 Å². The van der Waals surface area contributed by atoms with Gasteiger partial charge < -0.3 is 15.9 Å². The molecule has 0 amide bonds. The molecule has 0 aliphatic carbocycles. The van der Waals surface area contributed by atoms with Gasteiger partial charge in [0, 0.05) is 28.3 Å². The first-order chi connectivity index (χ1) is 33.4. The number of fused-ring (bicyclic) bond motifs is 2. The summed E-state index contributed by atoms with van der Waals surface area (Å²) < 4.78 is 183. The average molecular weight is 1140 g/mol. The molecule has 382 valence electrons. The van der Waals surface area contributed by atoms with Crippen LogP contribution in [-0.2, 0) is 69.3 Å². The minimum atomic E-state index is -5.66. The lowest BCUT2D eigenvalue weighted by molar-refractivity contribution is -0.432. The molecule has 0 radical (unpaired) electrons. The smallest absolute Gasteiger partial charge is 0.297 e. The third-order valence-corrected chi connectivity index (χ3v) is 14.7. The van der Waals surface area contributed by atoms with E-state index in [0.29, 0.717) is 36.4 Å². The number of benzene rings is 6. The van der Waals surface area contributed by atoms with Gasteiger partial charge in [-0.1, -0.05) is 10.1 Å². The number of nitrogens with two attached hydrogens (primary N) is 1. The summed E-state index contributed by atoms with van der Waals surface area (Å²) in [6, 6.07) is 7.33. The van der Waals surface area contributed by atoms with Crippen LogP contribution in [0.2, 0.25) is 0 Å². The van der Waals surface area contributed by atoms with Gasteiger partial charge in [0.25, 0.3) is 56.3 Å². The van der Waals surface area contributed by atoms with Crippen molar-refractivity contribution in [1.29, 1.82) is 0 Å². The molecule has 0 saturated heterocycles. The average Bonchev–Trinajstić information content (AvgIpc) is 3.27. The maximum absolute atomic E-state index is 13.0. The van der Waals surface area contributed by atoms with Gasteiger partial charge in [-0.3, -0.25) is 32.9 Å². The Balaban J connectivity index is 1.57. The van der Waals surface area contributed by atoms with Crippen molar-refractivity contribution < 1.29 is 109 Å². The molecular weight excluding hydrogens is 1120 g/mol. The molecule has 0 aliphatic rings. The summed E-state index contributed by atoms with van der Waals surface area (Å²) in [6.45, 7) is 0. The molecule has 0 bridgehead atoms. The summed E-state index contributed by atoms with van der Waals surface area (Å²) in [5.41, 5.74) is -0.427. The van der Waals surface area contributed by atoms with Gasteiger partial charge in [-0.2, -0.15) is 42.1 Å². The zero-order valence-electron chi connectivity index (χ0n) is 34.0. The normalized spacial score (nSPS) is 13.1. The highest BCUT2D eigenvalue weighted by molar-refractivity contribution is 7.95. The fraction of sp³-hybridized carbons (Fsp3) is 0.